The molecule has 68 heavy (non-hydrogen) atoms. The van der Waals surface area contributed by atoms with Crippen LogP contribution in [0.3, 0.4) is 0 Å². The maximum absolute atomic E-state index is 12.1. The van der Waals surface area contributed by atoms with Crippen LogP contribution in [-0.4, -0.2) is 148 Å². The van der Waals surface area contributed by atoms with Gasteiger partial charge in [0.25, 0.3) is 17.7 Å². The molecular formula is C47H67N15O6. The summed E-state index contributed by atoms with van der Waals surface area (Å²) in [5.74, 6) is 1.52. The van der Waals surface area contributed by atoms with Gasteiger partial charge in [-0.3, -0.25) is 45.3 Å². The smallest absolute Gasteiger partial charge is 0.274 e. The van der Waals surface area contributed by atoms with Crippen LogP contribution in [0.15, 0.2) is 87.8 Å². The Morgan fingerprint density at radius 2 is 0.882 bits per heavy atom. The van der Waals surface area contributed by atoms with Crippen LogP contribution >= 0.6 is 0 Å². The lowest BCUT2D eigenvalue weighted by Gasteiger charge is -2.17. The molecule has 0 unspecified atom stereocenters. The fourth-order valence-electron chi connectivity index (χ4n) is 6.44. The van der Waals surface area contributed by atoms with Gasteiger partial charge in [0.1, 0.15) is 40.9 Å². The molecule has 366 valence electrons. The second kappa shape index (κ2) is 27.1. The van der Waals surface area contributed by atoms with Crippen molar-refractivity contribution in [3.8, 4) is 17.2 Å². The van der Waals surface area contributed by atoms with Gasteiger partial charge in [-0.2, -0.15) is 0 Å². The van der Waals surface area contributed by atoms with Crippen LogP contribution < -0.4 is 53.1 Å². The Balaban J connectivity index is 0.000000224. The predicted molar refractivity (Wildman–Crippen MR) is 271 cm³/mol. The van der Waals surface area contributed by atoms with Crippen LogP contribution in [0.1, 0.15) is 58.2 Å². The number of rotatable bonds is 18. The molecule has 21 heteroatoms. The van der Waals surface area contributed by atoms with Crippen molar-refractivity contribution < 1.29 is 28.6 Å². The summed E-state index contributed by atoms with van der Waals surface area (Å²) in [6.07, 6.45) is 1.94. The number of nitrogens with one attached hydrogen (secondary N) is 6. The van der Waals surface area contributed by atoms with E-state index in [0.717, 1.165) is 83.2 Å². The Hall–Kier alpha value is -7.62. The Bertz CT molecular complexity index is 2660. The molecule has 0 aliphatic carbocycles. The molecule has 3 aromatic heterocycles. The number of nitrogens with zero attached hydrogens (tertiary/aromatic N) is 5. The number of aromatic nitrogens is 3. The quantitative estimate of drug-likeness (QED) is 0.0337. The van der Waals surface area contributed by atoms with Crippen LogP contribution in [0.5, 0.6) is 17.2 Å². The fourth-order valence-corrected chi connectivity index (χ4v) is 6.44. The Kier molecular flexibility index (Phi) is 21.1. The number of carbonyl (C=O) groups excluding carboxylic acids is 3. The van der Waals surface area contributed by atoms with E-state index in [9.17, 15) is 14.4 Å². The molecule has 0 bridgehead atoms. The summed E-state index contributed by atoms with van der Waals surface area (Å²) in [5, 5.41) is 10.2. The van der Waals surface area contributed by atoms with Gasteiger partial charge >= 0.3 is 0 Å². The second-order valence-corrected chi connectivity index (χ2v) is 15.4. The van der Waals surface area contributed by atoms with E-state index in [1.54, 1.807) is 18.2 Å². The highest BCUT2D eigenvalue weighted by atomic mass is 16.5. The summed E-state index contributed by atoms with van der Waals surface area (Å²) in [6, 6.07) is 22.2. The fraction of sp³-hybridized carbons (Fsp3) is 0.362. The molecule has 14 N–H and O–H groups in total. The molecule has 0 radical (unpaired) electrons. The van der Waals surface area contributed by atoms with E-state index >= 15 is 0 Å². The highest BCUT2D eigenvalue weighted by Crippen LogP contribution is 2.24. The van der Waals surface area contributed by atoms with Gasteiger partial charge in [-0.1, -0.05) is 13.8 Å². The number of carbonyl (C=O) groups is 3. The molecule has 0 saturated carbocycles. The minimum Gasteiger partial charge on any atom is -0.493 e. The van der Waals surface area contributed by atoms with Crippen LogP contribution in [-0.2, 0) is 0 Å². The highest BCUT2D eigenvalue weighted by molar-refractivity contribution is 6.08. The molecular weight excluding hydrogens is 871 g/mol. The standard InChI is InChI=1S/C18H27N5O2.C16H23N5O2.C13H17N5O2/c1-4-23(5-2)9-6-10-25-14-8-7-13-11-16(21-15(13)12-14)17(24)22-18(19)20-3;1-18-16(17)20-15(22)14-9-11-5-6-12(10-13(11)19-14)23-8-4-7-21(2)3;1-16-13(15)18-12(19)11-6-8-2-3-9(20-5-4-14)7-10(8)17-11/h7-8,11-12,21H,4-6,9-10H2,1-3H3,(H3,19,20,22,24);5-6,9-10,19H,4,7-8H2,1-3H3,(H3,17,18,20,22);2-3,6-7,17H,4-5,14H2,1H3,(H3,15,16,18,19). The van der Waals surface area contributed by atoms with E-state index in [2.05, 4.69) is 69.5 Å². The monoisotopic (exact) mass is 938 g/mol. The minimum atomic E-state index is -0.339. The summed E-state index contributed by atoms with van der Waals surface area (Å²) in [5.41, 5.74) is 25.6. The topological polar surface area (TPSA) is 310 Å². The normalized spacial score (nSPS) is 11.8. The van der Waals surface area contributed by atoms with Crippen molar-refractivity contribution >= 4 is 68.3 Å². The van der Waals surface area contributed by atoms with E-state index in [4.69, 9.17) is 37.1 Å². The largest absolute Gasteiger partial charge is 0.493 e. The molecule has 0 spiro atoms. The highest BCUT2D eigenvalue weighted by Gasteiger charge is 2.14. The van der Waals surface area contributed by atoms with Gasteiger partial charge in [-0.15, -0.1) is 0 Å². The number of ether oxygens (including phenoxy) is 3. The molecule has 21 nitrogen and oxygen atoms in total. The van der Waals surface area contributed by atoms with Crippen LogP contribution in [0.4, 0.5) is 0 Å². The zero-order valence-electron chi connectivity index (χ0n) is 40.0. The van der Waals surface area contributed by atoms with Gasteiger partial charge in [0.2, 0.25) is 0 Å². The second-order valence-electron chi connectivity index (χ2n) is 15.4. The van der Waals surface area contributed by atoms with Crippen molar-refractivity contribution in [3.05, 3.63) is 89.9 Å². The number of amides is 3. The van der Waals surface area contributed by atoms with Crippen LogP contribution in [0.2, 0.25) is 0 Å². The maximum Gasteiger partial charge on any atom is 0.274 e. The summed E-state index contributed by atoms with van der Waals surface area (Å²) < 4.78 is 17.0. The lowest BCUT2D eigenvalue weighted by atomic mass is 10.2. The number of nitrogens with two attached hydrogens (primary N) is 4. The number of hydrogen-bond acceptors (Lipinski definition) is 12. The van der Waals surface area contributed by atoms with Crippen molar-refractivity contribution in [2.75, 3.05) is 87.8 Å². The van der Waals surface area contributed by atoms with E-state index in [1.807, 2.05) is 68.7 Å². The van der Waals surface area contributed by atoms with Gasteiger partial charge in [0.05, 0.1) is 13.2 Å². The average Bonchev–Trinajstić information content (AvgIpc) is 4.09. The molecule has 0 atom stereocenters. The molecule has 6 aromatic rings. The number of fused-ring (bicyclic) bond motifs is 3. The lowest BCUT2D eigenvalue weighted by molar-refractivity contribution is 0.0964. The SMILES string of the molecule is CCN(CC)CCCOc1ccc2cc(C(=O)NC(N)=NC)[nH]c2c1.CN=C(N)NC(=O)c1cc2ccc(OCCCN(C)C)cc2[nH]1.CN=C(N)NC(=O)c1cc2ccc(OCCN)cc2[nH]1. The summed E-state index contributed by atoms with van der Waals surface area (Å²) in [4.78, 5) is 60.7. The molecule has 0 aliphatic rings. The van der Waals surface area contributed by atoms with E-state index in [1.165, 1.54) is 21.1 Å². The van der Waals surface area contributed by atoms with Crippen LogP contribution in [0.25, 0.3) is 32.7 Å². The summed E-state index contributed by atoms with van der Waals surface area (Å²) in [7, 11) is 8.61. The first-order valence-electron chi connectivity index (χ1n) is 22.1. The van der Waals surface area contributed by atoms with E-state index in [0.29, 0.717) is 49.2 Å². The molecule has 3 aromatic carbocycles. The maximum atomic E-state index is 12.1. The van der Waals surface area contributed by atoms with Crippen molar-refractivity contribution in [1.82, 2.24) is 40.7 Å². The number of H-pyrrole nitrogens is 3. The van der Waals surface area contributed by atoms with Crippen molar-refractivity contribution in [3.63, 3.8) is 0 Å². The first kappa shape index (κ1) is 53.0. The zero-order chi connectivity index (χ0) is 49.6. The zero-order valence-corrected chi connectivity index (χ0v) is 40.0. The Morgan fingerprint density at radius 1 is 0.544 bits per heavy atom. The van der Waals surface area contributed by atoms with Crippen molar-refractivity contribution in [2.24, 2.45) is 37.9 Å². The predicted octanol–water partition coefficient (Wildman–Crippen LogP) is 3.31. The third kappa shape index (κ3) is 16.7. The van der Waals surface area contributed by atoms with Crippen molar-refractivity contribution in [1.29, 1.82) is 0 Å². The van der Waals surface area contributed by atoms with Crippen LogP contribution in [0, 0.1) is 0 Å². The molecule has 0 aliphatic heterocycles. The number of aliphatic imine (C=N–C) groups is 3. The number of hydrogen-bond donors (Lipinski definition) is 10. The third-order valence-corrected chi connectivity index (χ3v) is 10.2. The summed E-state index contributed by atoms with van der Waals surface area (Å²) in [6.45, 7) is 10.7. The van der Waals surface area contributed by atoms with Gasteiger partial charge in [-0.05, 0) is 94.6 Å². The van der Waals surface area contributed by atoms with Crippen molar-refractivity contribution in [2.45, 2.75) is 26.7 Å². The van der Waals surface area contributed by atoms with Gasteiger partial charge in [-0.25, -0.2) is 0 Å². The molecule has 0 saturated heterocycles. The number of guanidine groups is 3. The number of aromatic amines is 3. The van der Waals surface area contributed by atoms with Gasteiger partial charge in [0.15, 0.2) is 17.9 Å². The average molecular weight is 938 g/mol. The minimum absolute atomic E-state index is 0.0700. The van der Waals surface area contributed by atoms with Gasteiger partial charge in [0, 0.05) is 91.7 Å². The Morgan fingerprint density at radius 3 is 1.19 bits per heavy atom. The first-order valence-corrected chi connectivity index (χ1v) is 22.1. The lowest BCUT2D eigenvalue weighted by Crippen LogP contribution is -2.36. The van der Waals surface area contributed by atoms with E-state index < -0.39 is 0 Å². The Labute approximate surface area is 396 Å². The molecule has 3 amide bonds. The van der Waals surface area contributed by atoms with E-state index in [-0.39, 0.29) is 35.6 Å². The molecule has 6 rings (SSSR count). The molecule has 0 fully saturated rings. The van der Waals surface area contributed by atoms with Gasteiger partial charge < -0.3 is 61.9 Å². The molecule has 3 heterocycles. The third-order valence-electron chi connectivity index (χ3n) is 10.2. The first-order chi connectivity index (χ1) is 32.7. The summed E-state index contributed by atoms with van der Waals surface area (Å²) >= 11 is 0. The number of benzene rings is 3.